The topological polar surface area (TPSA) is 32.9 Å². The first-order valence-corrected chi connectivity index (χ1v) is 4.32. The fraction of sp³-hybridized carbons (Fsp3) is 0.500. The van der Waals surface area contributed by atoms with Crippen LogP contribution >= 0.6 is 0 Å². The lowest BCUT2D eigenvalue weighted by Gasteiger charge is -1.99. The van der Waals surface area contributed by atoms with Gasteiger partial charge in [-0.3, -0.25) is 0 Å². The number of carbonyl (C=O) groups is 1. The van der Waals surface area contributed by atoms with Gasteiger partial charge >= 0.3 is 0 Å². The number of hydrogen-bond donors (Lipinski definition) is 1. The molecule has 66 valence electrons. The lowest BCUT2D eigenvalue weighted by atomic mass is 10.1. The summed E-state index contributed by atoms with van der Waals surface area (Å²) in [5, 5.41) is 0. The molecule has 1 N–H and O–H groups in total. The molecule has 0 amide bonds. The van der Waals surface area contributed by atoms with Crippen molar-refractivity contribution in [3.63, 3.8) is 0 Å². The molecule has 0 saturated carbocycles. The first-order chi connectivity index (χ1) is 5.75. The summed E-state index contributed by atoms with van der Waals surface area (Å²) in [5.74, 6) is 0. The van der Waals surface area contributed by atoms with Crippen molar-refractivity contribution in [2.45, 2.75) is 33.1 Å². The van der Waals surface area contributed by atoms with Gasteiger partial charge in [-0.1, -0.05) is 0 Å². The van der Waals surface area contributed by atoms with Gasteiger partial charge in [0, 0.05) is 18.3 Å². The van der Waals surface area contributed by atoms with Gasteiger partial charge in [0.15, 0.2) is 0 Å². The fourth-order valence-corrected chi connectivity index (χ4v) is 1.43. The van der Waals surface area contributed by atoms with E-state index in [1.807, 2.05) is 6.20 Å². The minimum absolute atomic E-state index is 0.671. The van der Waals surface area contributed by atoms with Crippen molar-refractivity contribution in [1.82, 2.24) is 4.98 Å². The Labute approximate surface area is 73.0 Å². The number of H-pyrrole nitrogens is 1. The van der Waals surface area contributed by atoms with Gasteiger partial charge in [-0.05, 0) is 37.8 Å². The Kier molecular flexibility index (Phi) is 3.09. The predicted molar refractivity (Wildman–Crippen MR) is 49.3 cm³/mol. The average Bonchev–Trinajstić information content (AvgIpc) is 2.35. The third-order valence-corrected chi connectivity index (χ3v) is 2.18. The number of aromatic amines is 1. The van der Waals surface area contributed by atoms with Crippen molar-refractivity contribution < 1.29 is 4.79 Å². The zero-order valence-corrected chi connectivity index (χ0v) is 7.68. The average molecular weight is 165 g/mol. The Morgan fingerprint density at radius 1 is 1.50 bits per heavy atom. The second-order valence-electron chi connectivity index (χ2n) is 3.13. The minimum Gasteiger partial charge on any atom is -0.365 e. The summed E-state index contributed by atoms with van der Waals surface area (Å²) < 4.78 is 0. The van der Waals surface area contributed by atoms with E-state index in [1.165, 1.54) is 16.8 Å². The smallest absolute Gasteiger partial charge is 0.120 e. The highest BCUT2D eigenvalue weighted by Crippen LogP contribution is 2.14. The molecule has 0 radical (unpaired) electrons. The van der Waals surface area contributed by atoms with Gasteiger partial charge in [-0.2, -0.15) is 0 Å². The zero-order valence-electron chi connectivity index (χ0n) is 7.68. The maximum atomic E-state index is 10.1. The highest BCUT2D eigenvalue weighted by Gasteiger charge is 2.02. The molecular weight excluding hydrogens is 150 g/mol. The summed E-state index contributed by atoms with van der Waals surface area (Å²) in [5.41, 5.74) is 3.91. The van der Waals surface area contributed by atoms with Crippen LogP contribution in [0.25, 0.3) is 0 Å². The molecule has 1 aromatic heterocycles. The number of carbonyl (C=O) groups excluding carboxylic acids is 1. The van der Waals surface area contributed by atoms with E-state index < -0.39 is 0 Å². The number of rotatable bonds is 4. The molecule has 0 fully saturated rings. The van der Waals surface area contributed by atoms with E-state index in [9.17, 15) is 4.79 Å². The highest BCUT2D eigenvalue weighted by molar-refractivity contribution is 5.49. The molecule has 0 saturated heterocycles. The van der Waals surface area contributed by atoms with Gasteiger partial charge in [0.25, 0.3) is 0 Å². The Morgan fingerprint density at radius 2 is 2.25 bits per heavy atom. The lowest BCUT2D eigenvalue weighted by Crippen LogP contribution is -1.89. The maximum Gasteiger partial charge on any atom is 0.120 e. The van der Waals surface area contributed by atoms with Crippen LogP contribution in [0.2, 0.25) is 0 Å². The first-order valence-electron chi connectivity index (χ1n) is 4.32. The molecule has 0 spiro atoms. The van der Waals surface area contributed by atoms with Crippen LogP contribution in [0.15, 0.2) is 6.20 Å². The molecule has 0 unspecified atom stereocenters. The summed E-state index contributed by atoms with van der Waals surface area (Å²) in [6.07, 6.45) is 5.65. The summed E-state index contributed by atoms with van der Waals surface area (Å²) in [6, 6.07) is 0. The second kappa shape index (κ2) is 4.10. The van der Waals surface area contributed by atoms with Crippen molar-refractivity contribution in [3.05, 3.63) is 23.0 Å². The Balaban J connectivity index is 2.55. The molecule has 0 aliphatic rings. The number of hydrogen-bond acceptors (Lipinski definition) is 1. The fourth-order valence-electron chi connectivity index (χ4n) is 1.43. The van der Waals surface area contributed by atoms with Gasteiger partial charge in [0.1, 0.15) is 6.29 Å². The van der Waals surface area contributed by atoms with E-state index in [0.29, 0.717) is 6.42 Å². The van der Waals surface area contributed by atoms with Crippen LogP contribution in [0.4, 0.5) is 0 Å². The highest BCUT2D eigenvalue weighted by atomic mass is 16.1. The number of unbranched alkanes of at least 4 members (excludes halogenated alkanes) is 1. The Bertz CT molecular complexity index is 243. The molecule has 0 aromatic carbocycles. The monoisotopic (exact) mass is 165 g/mol. The molecule has 12 heavy (non-hydrogen) atoms. The van der Waals surface area contributed by atoms with Crippen LogP contribution in [0.3, 0.4) is 0 Å². The molecule has 0 aliphatic carbocycles. The van der Waals surface area contributed by atoms with E-state index in [4.69, 9.17) is 0 Å². The number of nitrogens with one attached hydrogen (secondary N) is 1. The van der Waals surface area contributed by atoms with Crippen LogP contribution < -0.4 is 0 Å². The first kappa shape index (κ1) is 9.04. The van der Waals surface area contributed by atoms with Crippen molar-refractivity contribution in [1.29, 1.82) is 0 Å². The van der Waals surface area contributed by atoms with Crippen molar-refractivity contribution in [3.8, 4) is 0 Å². The lowest BCUT2D eigenvalue weighted by molar-refractivity contribution is -0.107. The van der Waals surface area contributed by atoms with Crippen LogP contribution in [0.1, 0.15) is 29.7 Å². The van der Waals surface area contributed by atoms with Gasteiger partial charge < -0.3 is 9.78 Å². The number of aldehydes is 1. The van der Waals surface area contributed by atoms with Crippen molar-refractivity contribution in [2.24, 2.45) is 0 Å². The minimum atomic E-state index is 0.671. The Hall–Kier alpha value is -1.05. The van der Waals surface area contributed by atoms with Crippen molar-refractivity contribution in [2.75, 3.05) is 0 Å². The molecule has 2 nitrogen and oxygen atoms in total. The van der Waals surface area contributed by atoms with Crippen molar-refractivity contribution >= 4 is 6.29 Å². The van der Waals surface area contributed by atoms with Gasteiger partial charge in [-0.25, -0.2) is 0 Å². The van der Waals surface area contributed by atoms with E-state index in [1.54, 1.807) is 0 Å². The molecule has 0 bridgehead atoms. The standard InChI is InChI=1S/C10H15NO/c1-8-7-11-9(2)10(8)5-3-4-6-12/h6-7,11H,3-5H2,1-2H3. The third kappa shape index (κ3) is 1.97. The van der Waals surface area contributed by atoms with Crippen LogP contribution in [0.5, 0.6) is 0 Å². The van der Waals surface area contributed by atoms with Gasteiger partial charge in [0.05, 0.1) is 0 Å². The number of aromatic nitrogens is 1. The zero-order chi connectivity index (χ0) is 8.97. The normalized spacial score (nSPS) is 10.2. The van der Waals surface area contributed by atoms with E-state index in [2.05, 4.69) is 18.8 Å². The molecule has 1 rings (SSSR count). The molecule has 0 aliphatic heterocycles. The quantitative estimate of drug-likeness (QED) is 0.538. The number of aryl methyl sites for hydroxylation is 2. The van der Waals surface area contributed by atoms with Crippen LogP contribution in [0, 0.1) is 13.8 Å². The summed E-state index contributed by atoms with van der Waals surface area (Å²) in [4.78, 5) is 13.3. The molecule has 0 atom stereocenters. The largest absolute Gasteiger partial charge is 0.365 e. The summed E-state index contributed by atoms with van der Waals surface area (Å²) in [7, 11) is 0. The van der Waals surface area contributed by atoms with Gasteiger partial charge in [0.2, 0.25) is 0 Å². The summed E-state index contributed by atoms with van der Waals surface area (Å²) >= 11 is 0. The van der Waals surface area contributed by atoms with Crippen LogP contribution in [-0.4, -0.2) is 11.3 Å². The van der Waals surface area contributed by atoms with Gasteiger partial charge in [-0.15, -0.1) is 0 Å². The molecular formula is C10H15NO. The van der Waals surface area contributed by atoms with E-state index in [0.717, 1.165) is 19.1 Å². The molecule has 1 aromatic rings. The third-order valence-electron chi connectivity index (χ3n) is 2.18. The molecule has 1 heterocycles. The summed E-state index contributed by atoms with van der Waals surface area (Å²) in [6.45, 7) is 4.17. The maximum absolute atomic E-state index is 10.1. The van der Waals surface area contributed by atoms with Crippen LogP contribution in [-0.2, 0) is 11.2 Å². The predicted octanol–water partition coefficient (Wildman–Crippen LogP) is 2.15. The SMILES string of the molecule is Cc1c[nH]c(C)c1CCCC=O. The Morgan fingerprint density at radius 3 is 2.75 bits per heavy atom. The molecule has 2 heteroatoms. The second-order valence-corrected chi connectivity index (χ2v) is 3.13. The van der Waals surface area contributed by atoms with E-state index >= 15 is 0 Å². The van der Waals surface area contributed by atoms with E-state index in [-0.39, 0.29) is 0 Å².